The summed E-state index contributed by atoms with van der Waals surface area (Å²) in [4.78, 5) is 3.77. The number of benzene rings is 2. The van der Waals surface area contributed by atoms with E-state index in [1.807, 2.05) is 42.6 Å². The van der Waals surface area contributed by atoms with Crippen LogP contribution in [0.25, 0.3) is 10.9 Å². The molecule has 2 nitrogen and oxygen atoms in total. The Morgan fingerprint density at radius 1 is 1.05 bits per heavy atom. The third-order valence-corrected chi connectivity index (χ3v) is 4.03. The fourth-order valence-electron chi connectivity index (χ4n) is 2.30. The molecule has 21 heavy (non-hydrogen) atoms. The van der Waals surface area contributed by atoms with E-state index in [1.54, 1.807) is 12.1 Å². The molecule has 0 amide bonds. The molecular formula is C16H14F2N2S. The van der Waals surface area contributed by atoms with Gasteiger partial charge < -0.3 is 10.3 Å². The zero-order valence-electron chi connectivity index (χ0n) is 11.1. The molecule has 3 rings (SSSR count). The molecule has 108 valence electrons. The molecule has 0 bridgehead atoms. The minimum absolute atomic E-state index is 0.561. The Balaban J connectivity index is 1.80. The Bertz CT molecular complexity index is 740. The lowest BCUT2D eigenvalue weighted by molar-refractivity contribution is 0.252. The Morgan fingerprint density at radius 3 is 2.76 bits per heavy atom. The number of fused-ring (bicyclic) bond motifs is 1. The predicted octanol–water partition coefficient (Wildman–Crippen LogP) is 5.09. The molecule has 0 aliphatic heterocycles. The highest BCUT2D eigenvalue weighted by molar-refractivity contribution is 7.99. The fraction of sp³-hybridized carbons (Fsp3) is 0.125. The van der Waals surface area contributed by atoms with Crippen LogP contribution in [0.4, 0.5) is 14.5 Å². The van der Waals surface area contributed by atoms with Gasteiger partial charge in [-0.05, 0) is 29.1 Å². The molecule has 0 atom stereocenters. The highest BCUT2D eigenvalue weighted by Crippen LogP contribution is 2.32. The molecule has 0 aliphatic carbocycles. The van der Waals surface area contributed by atoms with Crippen molar-refractivity contribution in [3.05, 3.63) is 60.3 Å². The monoisotopic (exact) mass is 304 g/mol. The highest BCUT2D eigenvalue weighted by atomic mass is 32.2. The second-order valence-corrected chi connectivity index (χ2v) is 5.62. The third kappa shape index (κ3) is 3.19. The molecule has 2 aromatic carbocycles. The molecule has 0 radical (unpaired) electrons. The van der Waals surface area contributed by atoms with Crippen LogP contribution < -0.4 is 5.32 Å². The molecule has 5 heteroatoms. The van der Waals surface area contributed by atoms with Crippen LogP contribution in [0.15, 0.2) is 59.6 Å². The van der Waals surface area contributed by atoms with Crippen molar-refractivity contribution in [1.29, 1.82) is 0 Å². The SMILES string of the molecule is FC(F)Sc1ccccc1NCc1cccc2cc[nH]c12. The maximum absolute atomic E-state index is 12.6. The molecule has 0 unspecified atom stereocenters. The van der Waals surface area contributed by atoms with Gasteiger partial charge in [-0.25, -0.2) is 0 Å². The maximum Gasteiger partial charge on any atom is 0.288 e. The van der Waals surface area contributed by atoms with Crippen molar-refractivity contribution in [3.63, 3.8) is 0 Å². The van der Waals surface area contributed by atoms with E-state index in [0.29, 0.717) is 23.2 Å². The topological polar surface area (TPSA) is 27.8 Å². The number of halogens is 2. The Hall–Kier alpha value is -2.01. The number of hydrogen-bond donors (Lipinski definition) is 2. The summed E-state index contributed by atoms with van der Waals surface area (Å²) < 4.78 is 25.1. The summed E-state index contributed by atoms with van der Waals surface area (Å²) in [5.74, 6) is -2.42. The van der Waals surface area contributed by atoms with Crippen molar-refractivity contribution in [2.45, 2.75) is 17.2 Å². The van der Waals surface area contributed by atoms with E-state index in [-0.39, 0.29) is 0 Å². The van der Waals surface area contributed by atoms with Crippen LogP contribution in [0.2, 0.25) is 0 Å². The number of thioether (sulfide) groups is 1. The van der Waals surface area contributed by atoms with Crippen molar-refractivity contribution in [2.24, 2.45) is 0 Å². The summed E-state index contributed by atoms with van der Waals surface area (Å²) in [5, 5.41) is 4.39. The van der Waals surface area contributed by atoms with Crippen LogP contribution in [-0.2, 0) is 6.54 Å². The van der Waals surface area contributed by atoms with E-state index >= 15 is 0 Å². The van der Waals surface area contributed by atoms with E-state index in [9.17, 15) is 8.78 Å². The van der Waals surface area contributed by atoms with Gasteiger partial charge in [-0.3, -0.25) is 0 Å². The molecule has 0 saturated carbocycles. The Labute approximate surface area is 125 Å². The minimum atomic E-state index is -2.42. The number of nitrogens with one attached hydrogen (secondary N) is 2. The lowest BCUT2D eigenvalue weighted by atomic mass is 10.1. The van der Waals surface area contributed by atoms with Crippen molar-refractivity contribution in [1.82, 2.24) is 4.98 Å². The molecule has 0 saturated heterocycles. The quantitative estimate of drug-likeness (QED) is 0.642. The molecule has 0 fully saturated rings. The van der Waals surface area contributed by atoms with Gasteiger partial charge in [0.05, 0.1) is 5.52 Å². The number of rotatable bonds is 5. The first-order valence-corrected chi connectivity index (χ1v) is 7.45. The van der Waals surface area contributed by atoms with E-state index in [4.69, 9.17) is 0 Å². The van der Waals surface area contributed by atoms with E-state index < -0.39 is 5.76 Å². The smallest absolute Gasteiger partial charge is 0.288 e. The maximum atomic E-state index is 12.6. The van der Waals surface area contributed by atoms with Gasteiger partial charge in [0.25, 0.3) is 5.76 Å². The Kier molecular flexibility index (Phi) is 4.10. The average Bonchev–Trinajstić information content (AvgIpc) is 2.95. The molecule has 1 heterocycles. The Morgan fingerprint density at radius 2 is 1.90 bits per heavy atom. The van der Waals surface area contributed by atoms with Gasteiger partial charge in [-0.15, -0.1) is 0 Å². The van der Waals surface area contributed by atoms with Crippen LogP contribution in [0, 0.1) is 0 Å². The van der Waals surface area contributed by atoms with Crippen molar-refractivity contribution < 1.29 is 8.78 Å². The van der Waals surface area contributed by atoms with E-state index in [1.165, 1.54) is 0 Å². The van der Waals surface area contributed by atoms with Crippen molar-refractivity contribution in [2.75, 3.05) is 5.32 Å². The standard InChI is InChI=1S/C16H14F2N2S/c17-16(18)21-14-7-2-1-6-13(14)20-10-12-5-3-4-11-8-9-19-15(11)12/h1-9,16,19-20H,10H2. The second kappa shape index (κ2) is 6.18. The first-order valence-electron chi connectivity index (χ1n) is 6.57. The van der Waals surface area contributed by atoms with Gasteiger partial charge >= 0.3 is 0 Å². The van der Waals surface area contributed by atoms with Gasteiger partial charge in [0.2, 0.25) is 0 Å². The van der Waals surface area contributed by atoms with Gasteiger partial charge in [-0.1, -0.05) is 42.1 Å². The van der Waals surface area contributed by atoms with Crippen LogP contribution in [0.5, 0.6) is 0 Å². The molecule has 0 spiro atoms. The zero-order valence-corrected chi connectivity index (χ0v) is 12.0. The normalized spacial score (nSPS) is 11.2. The van der Waals surface area contributed by atoms with E-state index in [2.05, 4.69) is 10.3 Å². The lowest BCUT2D eigenvalue weighted by Gasteiger charge is -2.12. The molecule has 3 aromatic rings. The first-order chi connectivity index (χ1) is 10.2. The molecule has 1 aromatic heterocycles. The third-order valence-electron chi connectivity index (χ3n) is 3.25. The van der Waals surface area contributed by atoms with Crippen LogP contribution in [0.3, 0.4) is 0 Å². The van der Waals surface area contributed by atoms with Crippen molar-refractivity contribution in [3.8, 4) is 0 Å². The van der Waals surface area contributed by atoms with Crippen molar-refractivity contribution >= 4 is 28.4 Å². The van der Waals surface area contributed by atoms with Gasteiger partial charge in [0.15, 0.2) is 0 Å². The number of para-hydroxylation sites is 2. The summed E-state index contributed by atoms with van der Waals surface area (Å²) in [6.45, 7) is 0.582. The number of H-pyrrole nitrogens is 1. The summed E-state index contributed by atoms with van der Waals surface area (Å²) in [6, 6.07) is 15.2. The largest absolute Gasteiger partial charge is 0.380 e. The molecular weight excluding hydrogens is 290 g/mol. The fourth-order valence-corrected chi connectivity index (χ4v) is 2.92. The highest BCUT2D eigenvalue weighted by Gasteiger charge is 2.09. The average molecular weight is 304 g/mol. The first kappa shape index (κ1) is 13.9. The summed E-state index contributed by atoms with van der Waals surface area (Å²) in [5.41, 5.74) is 2.91. The summed E-state index contributed by atoms with van der Waals surface area (Å²) >= 11 is 0.562. The minimum Gasteiger partial charge on any atom is -0.380 e. The number of hydrogen-bond acceptors (Lipinski definition) is 2. The van der Waals surface area contributed by atoms with Crippen LogP contribution in [-0.4, -0.2) is 10.7 Å². The van der Waals surface area contributed by atoms with Gasteiger partial charge in [0, 0.05) is 23.3 Å². The summed E-state index contributed by atoms with van der Waals surface area (Å²) in [7, 11) is 0. The number of aromatic amines is 1. The number of alkyl halides is 2. The van der Waals surface area contributed by atoms with Gasteiger partial charge in [-0.2, -0.15) is 8.78 Å². The predicted molar refractivity (Wildman–Crippen MR) is 83.9 cm³/mol. The van der Waals surface area contributed by atoms with E-state index in [0.717, 1.165) is 22.2 Å². The van der Waals surface area contributed by atoms with Crippen LogP contribution in [0.1, 0.15) is 5.56 Å². The summed E-state index contributed by atoms with van der Waals surface area (Å²) in [6.07, 6.45) is 1.90. The zero-order chi connectivity index (χ0) is 14.7. The second-order valence-electron chi connectivity index (χ2n) is 4.59. The van der Waals surface area contributed by atoms with Crippen LogP contribution >= 0.6 is 11.8 Å². The number of aromatic nitrogens is 1. The molecule has 0 aliphatic rings. The molecule has 2 N–H and O–H groups in total. The lowest BCUT2D eigenvalue weighted by Crippen LogP contribution is -2.01. The number of anilines is 1. The van der Waals surface area contributed by atoms with Gasteiger partial charge in [0.1, 0.15) is 0 Å².